The molecular formula is C19H15ClF2N2O2. The third-order valence-electron chi connectivity index (χ3n) is 3.84. The number of benzene rings is 1. The van der Waals surface area contributed by atoms with Gasteiger partial charge in [-0.15, -0.1) is 0 Å². The molecule has 4 nitrogen and oxygen atoms in total. The van der Waals surface area contributed by atoms with E-state index in [0.717, 1.165) is 6.07 Å². The number of hydrogen-bond donors (Lipinski definition) is 1. The van der Waals surface area contributed by atoms with Gasteiger partial charge in [-0.05, 0) is 37.6 Å². The van der Waals surface area contributed by atoms with Gasteiger partial charge in [-0.3, -0.25) is 4.79 Å². The normalized spacial score (nSPS) is 10.8. The molecule has 134 valence electrons. The van der Waals surface area contributed by atoms with Crippen LogP contribution in [-0.2, 0) is 6.61 Å². The van der Waals surface area contributed by atoms with Crippen LogP contribution in [0.5, 0.6) is 5.88 Å². The van der Waals surface area contributed by atoms with E-state index in [2.05, 4.69) is 9.97 Å². The van der Waals surface area contributed by atoms with Crippen LogP contribution in [0.15, 0.2) is 41.3 Å². The minimum Gasteiger partial charge on any atom is -0.473 e. The quantitative estimate of drug-likeness (QED) is 0.726. The first-order valence-electron chi connectivity index (χ1n) is 7.78. The summed E-state index contributed by atoms with van der Waals surface area (Å²) >= 11 is 6.03. The molecule has 0 radical (unpaired) electrons. The lowest BCUT2D eigenvalue weighted by atomic mass is 10.1. The standard InChI is InChI=1S/C19H15ClF2N2O2/c1-10-17(19(25)18(20)11(2)24-10)13-3-4-16(23-8-13)26-9-12-5-14(21)7-15(22)6-12/h3-8H,9H2,1-2H3,(H,24,25). The predicted octanol–water partition coefficient (Wildman–Crippen LogP) is 4.56. The Kier molecular flexibility index (Phi) is 5.04. The second-order valence-electron chi connectivity index (χ2n) is 5.84. The predicted molar refractivity (Wildman–Crippen MR) is 95.5 cm³/mol. The number of nitrogens with zero attached hydrogens (tertiary/aromatic N) is 1. The molecule has 0 saturated carbocycles. The third-order valence-corrected chi connectivity index (χ3v) is 4.29. The molecule has 0 spiro atoms. The minimum absolute atomic E-state index is 0.0308. The van der Waals surface area contributed by atoms with Crippen LogP contribution in [-0.4, -0.2) is 9.97 Å². The van der Waals surface area contributed by atoms with E-state index in [0.29, 0.717) is 28.1 Å². The first kappa shape index (κ1) is 18.1. The van der Waals surface area contributed by atoms with Crippen molar-refractivity contribution in [3.05, 3.63) is 80.4 Å². The van der Waals surface area contributed by atoms with Crippen molar-refractivity contribution in [2.75, 3.05) is 0 Å². The van der Waals surface area contributed by atoms with E-state index in [4.69, 9.17) is 16.3 Å². The van der Waals surface area contributed by atoms with Gasteiger partial charge in [-0.2, -0.15) is 0 Å². The van der Waals surface area contributed by atoms with E-state index in [1.54, 1.807) is 26.0 Å². The Labute approximate surface area is 153 Å². The summed E-state index contributed by atoms with van der Waals surface area (Å²) in [7, 11) is 0. The first-order chi connectivity index (χ1) is 12.3. The second-order valence-corrected chi connectivity index (χ2v) is 6.22. The Morgan fingerprint density at radius 1 is 1.12 bits per heavy atom. The number of aryl methyl sites for hydroxylation is 2. The molecule has 0 saturated heterocycles. The fourth-order valence-electron chi connectivity index (χ4n) is 2.66. The van der Waals surface area contributed by atoms with Crippen molar-refractivity contribution in [1.29, 1.82) is 0 Å². The topological polar surface area (TPSA) is 55.0 Å². The van der Waals surface area contributed by atoms with Gasteiger partial charge in [0.1, 0.15) is 23.3 Å². The lowest BCUT2D eigenvalue weighted by molar-refractivity contribution is 0.292. The van der Waals surface area contributed by atoms with Crippen molar-refractivity contribution in [3.8, 4) is 17.0 Å². The van der Waals surface area contributed by atoms with Crippen LogP contribution in [0.25, 0.3) is 11.1 Å². The van der Waals surface area contributed by atoms with Gasteiger partial charge in [-0.1, -0.05) is 11.6 Å². The summed E-state index contributed by atoms with van der Waals surface area (Å²) in [6.07, 6.45) is 1.49. The highest BCUT2D eigenvalue weighted by molar-refractivity contribution is 6.31. The Bertz CT molecular complexity index is 997. The van der Waals surface area contributed by atoms with Gasteiger partial charge in [0.2, 0.25) is 11.3 Å². The molecule has 26 heavy (non-hydrogen) atoms. The smallest absolute Gasteiger partial charge is 0.213 e. The van der Waals surface area contributed by atoms with Crippen LogP contribution >= 0.6 is 11.6 Å². The van der Waals surface area contributed by atoms with Gasteiger partial charge in [0.15, 0.2) is 0 Å². The number of hydrogen-bond acceptors (Lipinski definition) is 3. The minimum atomic E-state index is -0.669. The lowest BCUT2D eigenvalue weighted by Gasteiger charge is -2.10. The van der Waals surface area contributed by atoms with E-state index >= 15 is 0 Å². The molecule has 0 atom stereocenters. The molecule has 0 unspecified atom stereocenters. The van der Waals surface area contributed by atoms with Crippen LogP contribution in [0.1, 0.15) is 17.0 Å². The monoisotopic (exact) mass is 376 g/mol. The molecule has 0 aliphatic carbocycles. The van der Waals surface area contributed by atoms with Crippen LogP contribution in [0, 0.1) is 25.5 Å². The average Bonchev–Trinajstić information content (AvgIpc) is 2.58. The summed E-state index contributed by atoms with van der Waals surface area (Å²) < 4.78 is 31.8. The SMILES string of the molecule is Cc1[nH]c(C)c(-c2ccc(OCc3cc(F)cc(F)c3)nc2)c(=O)c1Cl. The van der Waals surface area contributed by atoms with E-state index in [-0.39, 0.29) is 22.9 Å². The maximum absolute atomic E-state index is 13.2. The highest BCUT2D eigenvalue weighted by Crippen LogP contribution is 2.23. The molecule has 2 aromatic heterocycles. The number of ether oxygens (including phenoxy) is 1. The van der Waals surface area contributed by atoms with E-state index in [9.17, 15) is 13.6 Å². The van der Waals surface area contributed by atoms with Gasteiger partial charge >= 0.3 is 0 Å². The number of pyridine rings is 2. The van der Waals surface area contributed by atoms with Gasteiger partial charge < -0.3 is 9.72 Å². The fourth-order valence-corrected chi connectivity index (χ4v) is 2.80. The van der Waals surface area contributed by atoms with Crippen molar-refractivity contribution in [2.45, 2.75) is 20.5 Å². The van der Waals surface area contributed by atoms with Crippen molar-refractivity contribution in [1.82, 2.24) is 9.97 Å². The van der Waals surface area contributed by atoms with Crippen molar-refractivity contribution in [3.63, 3.8) is 0 Å². The molecule has 1 aromatic carbocycles. The van der Waals surface area contributed by atoms with Crippen LogP contribution in [0.4, 0.5) is 8.78 Å². The number of aromatic nitrogens is 2. The molecule has 3 aromatic rings. The highest BCUT2D eigenvalue weighted by Gasteiger charge is 2.13. The van der Waals surface area contributed by atoms with E-state index in [1.165, 1.54) is 18.3 Å². The van der Waals surface area contributed by atoms with Gasteiger partial charge in [0.25, 0.3) is 0 Å². The van der Waals surface area contributed by atoms with E-state index < -0.39 is 11.6 Å². The van der Waals surface area contributed by atoms with Crippen molar-refractivity contribution < 1.29 is 13.5 Å². The molecule has 7 heteroatoms. The molecule has 0 aliphatic rings. The van der Waals surface area contributed by atoms with Gasteiger partial charge in [0.05, 0.1) is 5.56 Å². The van der Waals surface area contributed by atoms with Crippen LogP contribution in [0.3, 0.4) is 0 Å². The van der Waals surface area contributed by atoms with Crippen molar-refractivity contribution in [2.24, 2.45) is 0 Å². The second kappa shape index (κ2) is 7.25. The number of halogens is 3. The fraction of sp³-hybridized carbons (Fsp3) is 0.158. The molecule has 0 fully saturated rings. The molecular weight excluding hydrogens is 362 g/mol. The lowest BCUT2D eigenvalue weighted by Crippen LogP contribution is -2.11. The summed E-state index contributed by atoms with van der Waals surface area (Å²) in [5.41, 5.74) is 2.40. The molecule has 3 rings (SSSR count). The summed E-state index contributed by atoms with van der Waals surface area (Å²) in [5.74, 6) is -1.07. The van der Waals surface area contributed by atoms with Crippen molar-refractivity contribution >= 4 is 11.6 Å². The first-order valence-corrected chi connectivity index (χ1v) is 8.16. The number of aromatic amines is 1. The Hall–Kier alpha value is -2.73. The van der Waals surface area contributed by atoms with Crippen LogP contribution < -0.4 is 10.2 Å². The molecule has 1 N–H and O–H groups in total. The van der Waals surface area contributed by atoms with Gasteiger partial charge in [0, 0.05) is 35.3 Å². The Morgan fingerprint density at radius 3 is 2.42 bits per heavy atom. The Morgan fingerprint density at radius 2 is 1.81 bits per heavy atom. The number of rotatable bonds is 4. The zero-order chi connectivity index (χ0) is 18.8. The summed E-state index contributed by atoms with van der Waals surface area (Å²) in [4.78, 5) is 19.6. The molecule has 0 aliphatic heterocycles. The summed E-state index contributed by atoms with van der Waals surface area (Å²) in [5, 5.41) is 0.138. The summed E-state index contributed by atoms with van der Waals surface area (Å²) in [6, 6.07) is 6.43. The van der Waals surface area contributed by atoms with E-state index in [1.807, 2.05) is 0 Å². The van der Waals surface area contributed by atoms with Gasteiger partial charge in [-0.25, -0.2) is 13.8 Å². The molecule has 2 heterocycles. The molecule has 0 amide bonds. The third kappa shape index (κ3) is 3.75. The summed E-state index contributed by atoms with van der Waals surface area (Å²) in [6.45, 7) is 3.48. The Balaban J connectivity index is 1.81. The highest BCUT2D eigenvalue weighted by atomic mass is 35.5. The zero-order valence-corrected chi connectivity index (χ0v) is 14.8. The maximum atomic E-state index is 13.2. The number of nitrogens with one attached hydrogen (secondary N) is 1. The van der Waals surface area contributed by atoms with Crippen LogP contribution in [0.2, 0.25) is 5.02 Å². The maximum Gasteiger partial charge on any atom is 0.213 e. The average molecular weight is 377 g/mol. The largest absolute Gasteiger partial charge is 0.473 e. The zero-order valence-electron chi connectivity index (χ0n) is 14.1. The molecule has 0 bridgehead atoms. The number of H-pyrrole nitrogens is 1.